The van der Waals surface area contributed by atoms with Crippen LogP contribution in [0.2, 0.25) is 0 Å². The van der Waals surface area contributed by atoms with Crippen molar-refractivity contribution in [2.75, 3.05) is 6.54 Å². The van der Waals surface area contributed by atoms with Gasteiger partial charge in [-0.25, -0.2) is 0 Å². The zero-order chi connectivity index (χ0) is 32.7. The minimum absolute atomic E-state index is 0.172. The van der Waals surface area contributed by atoms with Gasteiger partial charge in [-0.15, -0.1) is 0 Å². The number of aromatic nitrogens is 1. The zero-order valence-corrected chi connectivity index (χ0v) is 26.9. The molecule has 0 spiro atoms. The molecule has 4 rings (SSSR count). The summed E-state index contributed by atoms with van der Waals surface area (Å²) in [5, 5.41) is 8.97. The van der Waals surface area contributed by atoms with Crippen LogP contribution in [0.5, 0.6) is 0 Å². The topological polar surface area (TPSA) is 147 Å². The second kappa shape index (κ2) is 15.3. The van der Waals surface area contributed by atoms with E-state index in [0.29, 0.717) is 56.9 Å². The van der Waals surface area contributed by atoms with Crippen molar-refractivity contribution in [1.82, 2.24) is 25.4 Å². The van der Waals surface area contributed by atoms with Crippen molar-refractivity contribution < 1.29 is 28.8 Å². The van der Waals surface area contributed by atoms with Crippen LogP contribution < -0.4 is 16.0 Å². The van der Waals surface area contributed by atoms with Gasteiger partial charge in [0.15, 0.2) is 11.8 Å². The van der Waals surface area contributed by atoms with Gasteiger partial charge in [-0.05, 0) is 44.1 Å². The van der Waals surface area contributed by atoms with Gasteiger partial charge in [0.05, 0.1) is 0 Å². The Morgan fingerprint density at radius 3 is 2.42 bits per heavy atom. The predicted octanol–water partition coefficient (Wildman–Crippen LogP) is 3.19. The molecule has 2 aliphatic heterocycles. The Balaban J connectivity index is 1.70. The highest BCUT2D eigenvalue weighted by molar-refractivity contribution is 6.20. The molecule has 1 aromatic carbocycles. The predicted molar refractivity (Wildman–Crippen MR) is 170 cm³/mol. The lowest BCUT2D eigenvalue weighted by molar-refractivity contribution is -0.147. The number of para-hydroxylation sites is 1. The number of nitrogens with one attached hydrogen (secondary N) is 3. The van der Waals surface area contributed by atoms with E-state index in [1.54, 1.807) is 29.9 Å². The van der Waals surface area contributed by atoms with Gasteiger partial charge in [-0.1, -0.05) is 58.2 Å². The third-order valence-electron chi connectivity index (χ3n) is 9.31. The summed E-state index contributed by atoms with van der Waals surface area (Å²) >= 11 is 0. The molecule has 2 fully saturated rings. The number of carbonyl (C=O) groups excluding carboxylic acids is 6. The molecule has 2 aliphatic rings. The Morgan fingerprint density at radius 1 is 0.933 bits per heavy atom. The zero-order valence-electron chi connectivity index (χ0n) is 26.9. The molecule has 11 heteroatoms. The van der Waals surface area contributed by atoms with E-state index in [4.69, 9.17) is 0 Å². The fraction of sp³-hybridized carbons (Fsp3) is 0.588. The molecule has 2 saturated heterocycles. The number of unbranched alkanes of at least 4 members (excludes halogenated alkanes) is 2. The lowest BCUT2D eigenvalue weighted by Crippen LogP contribution is -2.65. The first-order chi connectivity index (χ1) is 21.6. The molecule has 2 aromatic rings. The quantitative estimate of drug-likeness (QED) is 0.200. The van der Waals surface area contributed by atoms with Gasteiger partial charge in [-0.2, -0.15) is 0 Å². The molecule has 45 heavy (non-hydrogen) atoms. The number of carbonyl (C=O) groups is 6. The van der Waals surface area contributed by atoms with Crippen LogP contribution in [-0.2, 0) is 31.0 Å². The molecule has 0 radical (unpaired) electrons. The molecule has 4 amide bonds. The SMILES string of the molecule is CCC(=O)CCCCC[C@@H]1NC(=O)[C@H]2CCCCN2C(=O)[C@H]([C@@H](C)CC)NC(=O)[C@H](C(=O)c2cn(C)c3ccccc23)NC1=O. The summed E-state index contributed by atoms with van der Waals surface area (Å²) < 4.78 is 1.78. The van der Waals surface area contributed by atoms with Gasteiger partial charge < -0.3 is 25.4 Å². The monoisotopic (exact) mass is 621 g/mol. The standard InChI is InChI=1S/C34H47N5O6/c1-5-21(3)28-34(45)39-19-13-12-18-27(39)32(43)35-25(16-9-7-8-14-22(40)6-2)31(42)37-29(33(44)36-28)30(41)24-20-38(4)26-17-11-10-15-23(24)26/h10-11,15,17,20-21,25,27-29H,5-9,12-14,16,18-19H2,1-4H3,(H,35,43)(H,36,44)(H,37,42)/t21-,25-,27+,28-,29-/m0/s1. The summed E-state index contributed by atoms with van der Waals surface area (Å²) in [6.45, 7) is 5.94. The van der Waals surface area contributed by atoms with Gasteiger partial charge >= 0.3 is 0 Å². The second-order valence-electron chi connectivity index (χ2n) is 12.4. The Morgan fingerprint density at radius 2 is 1.69 bits per heavy atom. The number of hydrogen-bond donors (Lipinski definition) is 3. The molecule has 3 N–H and O–H groups in total. The van der Waals surface area contributed by atoms with Crippen molar-refractivity contribution in [2.24, 2.45) is 13.0 Å². The fourth-order valence-electron chi connectivity index (χ4n) is 6.31. The highest BCUT2D eigenvalue weighted by Gasteiger charge is 2.42. The number of fused-ring (bicyclic) bond motifs is 2. The maximum absolute atomic E-state index is 14.1. The van der Waals surface area contributed by atoms with Crippen molar-refractivity contribution in [3.63, 3.8) is 0 Å². The number of piperidine rings is 1. The summed E-state index contributed by atoms with van der Waals surface area (Å²) in [7, 11) is 1.80. The van der Waals surface area contributed by atoms with Crippen LogP contribution in [0.1, 0.15) is 95.3 Å². The van der Waals surface area contributed by atoms with Crippen LogP contribution in [-0.4, -0.2) is 75.4 Å². The van der Waals surface area contributed by atoms with Crippen molar-refractivity contribution in [2.45, 2.75) is 109 Å². The molecule has 0 unspecified atom stereocenters. The third kappa shape index (κ3) is 7.80. The normalized spacial score (nSPS) is 23.7. The largest absolute Gasteiger partial charge is 0.350 e. The van der Waals surface area contributed by atoms with Crippen molar-refractivity contribution in [1.29, 1.82) is 0 Å². The van der Waals surface area contributed by atoms with E-state index in [1.807, 2.05) is 32.9 Å². The van der Waals surface area contributed by atoms with Crippen LogP contribution in [0.25, 0.3) is 10.9 Å². The molecular formula is C34H47N5O6. The van der Waals surface area contributed by atoms with Crippen molar-refractivity contribution >= 4 is 46.1 Å². The molecule has 0 aliphatic carbocycles. The number of ketones is 2. The van der Waals surface area contributed by atoms with E-state index in [9.17, 15) is 28.8 Å². The van der Waals surface area contributed by atoms with Crippen LogP contribution in [0, 0.1) is 5.92 Å². The minimum Gasteiger partial charge on any atom is -0.350 e. The summed E-state index contributed by atoms with van der Waals surface area (Å²) in [6.07, 6.45) is 7.21. The van der Waals surface area contributed by atoms with Gasteiger partial charge in [0.25, 0.3) is 5.91 Å². The maximum atomic E-state index is 14.1. The van der Waals surface area contributed by atoms with Crippen LogP contribution in [0.15, 0.2) is 30.5 Å². The third-order valence-corrected chi connectivity index (χ3v) is 9.31. The average molecular weight is 622 g/mol. The van der Waals surface area contributed by atoms with E-state index < -0.39 is 47.7 Å². The highest BCUT2D eigenvalue weighted by Crippen LogP contribution is 2.24. The van der Waals surface area contributed by atoms with Crippen molar-refractivity contribution in [3.05, 3.63) is 36.0 Å². The first-order valence-corrected chi connectivity index (χ1v) is 16.4. The van der Waals surface area contributed by atoms with Gasteiger partial charge in [-0.3, -0.25) is 28.8 Å². The average Bonchev–Trinajstić information content (AvgIpc) is 3.39. The van der Waals surface area contributed by atoms with E-state index in [-0.39, 0.29) is 29.6 Å². The summed E-state index contributed by atoms with van der Waals surface area (Å²) in [6, 6.07) is 2.90. The van der Waals surface area contributed by atoms with Crippen LogP contribution in [0.3, 0.4) is 0 Å². The van der Waals surface area contributed by atoms with Gasteiger partial charge in [0.2, 0.25) is 17.7 Å². The molecule has 1 aromatic heterocycles. The van der Waals surface area contributed by atoms with E-state index in [2.05, 4.69) is 16.0 Å². The van der Waals surface area contributed by atoms with E-state index in [1.165, 1.54) is 4.90 Å². The number of Topliss-reactive ketones (excluding diaryl/α,β-unsaturated/α-hetero) is 2. The molecule has 5 atom stereocenters. The van der Waals surface area contributed by atoms with Crippen LogP contribution in [0.4, 0.5) is 0 Å². The fourth-order valence-corrected chi connectivity index (χ4v) is 6.31. The second-order valence-corrected chi connectivity index (χ2v) is 12.4. The van der Waals surface area contributed by atoms with E-state index >= 15 is 0 Å². The minimum atomic E-state index is -1.62. The van der Waals surface area contributed by atoms with Crippen molar-refractivity contribution in [3.8, 4) is 0 Å². The molecule has 11 nitrogen and oxygen atoms in total. The molecular weight excluding hydrogens is 574 g/mol. The van der Waals surface area contributed by atoms with E-state index in [0.717, 1.165) is 18.4 Å². The Labute approximate surface area is 264 Å². The lowest BCUT2D eigenvalue weighted by atomic mass is 9.93. The Kier molecular flexibility index (Phi) is 11.5. The summed E-state index contributed by atoms with van der Waals surface area (Å²) in [5.74, 6) is -2.91. The van der Waals surface area contributed by atoms with Crippen LogP contribution >= 0.6 is 0 Å². The Bertz CT molecular complexity index is 1430. The molecule has 0 saturated carbocycles. The highest BCUT2D eigenvalue weighted by atomic mass is 16.2. The lowest BCUT2D eigenvalue weighted by Gasteiger charge is -2.39. The number of amides is 4. The number of nitrogens with zero attached hydrogens (tertiary/aromatic N) is 2. The first-order valence-electron chi connectivity index (χ1n) is 16.4. The smallest absolute Gasteiger partial charge is 0.251 e. The first kappa shape index (κ1) is 33.9. The molecule has 0 bridgehead atoms. The number of aryl methyl sites for hydroxylation is 1. The summed E-state index contributed by atoms with van der Waals surface area (Å²) in [4.78, 5) is 82.9. The summed E-state index contributed by atoms with van der Waals surface area (Å²) in [5.41, 5.74) is 1.06. The molecule has 3 heterocycles. The Hall–Kier alpha value is -4.02. The number of rotatable bonds is 11. The maximum Gasteiger partial charge on any atom is 0.251 e. The number of hydrogen-bond acceptors (Lipinski definition) is 6. The number of benzene rings is 1. The van der Waals surface area contributed by atoms with Gasteiger partial charge in [0, 0.05) is 49.1 Å². The molecule has 244 valence electrons. The van der Waals surface area contributed by atoms with Gasteiger partial charge in [0.1, 0.15) is 23.9 Å².